The molecule has 0 bridgehead atoms. The predicted molar refractivity (Wildman–Crippen MR) is 123 cm³/mol. The average molecular weight is 500 g/mol. The van der Waals surface area contributed by atoms with Crippen LogP contribution < -0.4 is 14.2 Å². The molecule has 0 aliphatic carbocycles. The van der Waals surface area contributed by atoms with E-state index in [0.717, 1.165) is 6.33 Å². The molecule has 10 heteroatoms. The Hall–Kier alpha value is -4.34. The molecule has 0 saturated carbocycles. The number of benzene rings is 3. The van der Waals surface area contributed by atoms with Gasteiger partial charge in [-0.05, 0) is 47.5 Å². The molecule has 36 heavy (non-hydrogen) atoms. The van der Waals surface area contributed by atoms with Crippen molar-refractivity contribution in [2.75, 3.05) is 14.2 Å². The Balaban J connectivity index is 1.76. The van der Waals surface area contributed by atoms with Gasteiger partial charge < -0.3 is 19.3 Å². The molecule has 4 aromatic rings. The number of aromatic hydroxyl groups is 1. The number of hydrogen-bond donors (Lipinski definition) is 1. The largest absolute Gasteiger partial charge is 0.507 e. The van der Waals surface area contributed by atoms with Crippen molar-refractivity contribution in [2.45, 2.75) is 12.8 Å². The van der Waals surface area contributed by atoms with Gasteiger partial charge in [-0.2, -0.15) is 13.2 Å². The Bertz CT molecular complexity index is 1380. The third-order valence-electron chi connectivity index (χ3n) is 5.33. The van der Waals surface area contributed by atoms with Gasteiger partial charge in [0.05, 0.1) is 19.9 Å². The number of hydrogen-bond acceptors (Lipinski definition) is 6. The molecule has 1 N–H and O–H groups in total. The number of aromatic nitrogens is 2. The lowest BCUT2D eigenvalue weighted by atomic mass is 9.96. The molecule has 0 fully saturated rings. The topological polar surface area (TPSA) is 73.7 Å². The Morgan fingerprint density at radius 2 is 1.58 bits per heavy atom. The summed E-state index contributed by atoms with van der Waals surface area (Å²) >= 11 is 0. The summed E-state index contributed by atoms with van der Waals surface area (Å²) in [6.07, 6.45) is -4.01. The van der Waals surface area contributed by atoms with Crippen molar-refractivity contribution in [2.24, 2.45) is 0 Å². The Morgan fingerprint density at radius 1 is 0.861 bits per heavy atom. The normalized spacial score (nSPS) is 11.3. The van der Waals surface area contributed by atoms with E-state index in [0.29, 0.717) is 11.3 Å². The average Bonchev–Trinajstić information content (AvgIpc) is 2.87. The van der Waals surface area contributed by atoms with Crippen LogP contribution in [0.25, 0.3) is 22.4 Å². The maximum atomic E-state index is 14.0. The first-order valence-electron chi connectivity index (χ1n) is 10.6. The van der Waals surface area contributed by atoms with Gasteiger partial charge >= 0.3 is 6.18 Å². The van der Waals surface area contributed by atoms with Gasteiger partial charge in [0.25, 0.3) is 0 Å². The molecule has 0 amide bonds. The van der Waals surface area contributed by atoms with Crippen molar-refractivity contribution in [1.29, 1.82) is 0 Å². The summed E-state index contributed by atoms with van der Waals surface area (Å²) in [5.41, 5.74) is -0.779. The quantitative estimate of drug-likeness (QED) is 0.302. The maximum absolute atomic E-state index is 14.0. The molecule has 3 aromatic carbocycles. The summed E-state index contributed by atoms with van der Waals surface area (Å²) in [7, 11) is 2.78. The molecular weight excluding hydrogens is 480 g/mol. The first-order chi connectivity index (χ1) is 17.2. The van der Waals surface area contributed by atoms with E-state index in [9.17, 15) is 22.7 Å². The first kappa shape index (κ1) is 24.8. The van der Waals surface area contributed by atoms with Gasteiger partial charge in [-0.3, -0.25) is 0 Å². The monoisotopic (exact) mass is 500 g/mol. The minimum Gasteiger partial charge on any atom is -0.507 e. The third kappa shape index (κ3) is 5.17. The lowest BCUT2D eigenvalue weighted by Gasteiger charge is -2.18. The van der Waals surface area contributed by atoms with Gasteiger partial charge in [0.2, 0.25) is 0 Å². The van der Waals surface area contributed by atoms with Crippen LogP contribution >= 0.6 is 0 Å². The molecule has 0 spiro atoms. The lowest BCUT2D eigenvalue weighted by Crippen LogP contribution is -2.12. The van der Waals surface area contributed by atoms with Gasteiger partial charge in [0.1, 0.15) is 30.3 Å². The lowest BCUT2D eigenvalue weighted by molar-refractivity contribution is -0.140. The maximum Gasteiger partial charge on any atom is 0.434 e. The van der Waals surface area contributed by atoms with E-state index in [1.165, 1.54) is 62.8 Å². The number of methoxy groups -OCH3 is 2. The van der Waals surface area contributed by atoms with Crippen LogP contribution in [0.5, 0.6) is 23.0 Å². The van der Waals surface area contributed by atoms with Gasteiger partial charge in [0.15, 0.2) is 17.2 Å². The minimum absolute atomic E-state index is 0.0433. The number of nitrogens with zero attached hydrogens (tertiary/aromatic N) is 2. The van der Waals surface area contributed by atoms with Crippen molar-refractivity contribution in [3.63, 3.8) is 0 Å². The van der Waals surface area contributed by atoms with Crippen LogP contribution in [0.2, 0.25) is 0 Å². The Labute approximate surface area is 203 Å². The summed E-state index contributed by atoms with van der Waals surface area (Å²) in [4.78, 5) is 7.56. The molecule has 1 heterocycles. The summed E-state index contributed by atoms with van der Waals surface area (Å²) in [5, 5.41) is 10.7. The molecule has 6 nitrogen and oxygen atoms in total. The second-order valence-electron chi connectivity index (χ2n) is 7.61. The molecule has 0 aliphatic rings. The molecule has 4 rings (SSSR count). The zero-order valence-corrected chi connectivity index (χ0v) is 19.1. The van der Waals surface area contributed by atoms with E-state index in [1.807, 2.05) is 0 Å². The molecule has 0 aliphatic heterocycles. The summed E-state index contributed by atoms with van der Waals surface area (Å²) in [5.74, 6) is 0.0815. The van der Waals surface area contributed by atoms with Crippen LogP contribution in [0.15, 0.2) is 67.0 Å². The molecular formula is C26H20F4N2O4. The summed E-state index contributed by atoms with van der Waals surface area (Å²) < 4.78 is 71.0. The van der Waals surface area contributed by atoms with Crippen molar-refractivity contribution in [3.05, 3.63) is 84.1 Å². The highest BCUT2D eigenvalue weighted by atomic mass is 19.4. The summed E-state index contributed by atoms with van der Waals surface area (Å²) in [6, 6.07) is 14.1. The van der Waals surface area contributed by atoms with Gasteiger partial charge in [0, 0.05) is 17.2 Å². The smallest absolute Gasteiger partial charge is 0.434 e. The van der Waals surface area contributed by atoms with Crippen molar-refractivity contribution in [3.8, 4) is 45.4 Å². The second-order valence-corrected chi connectivity index (χ2v) is 7.61. The fourth-order valence-electron chi connectivity index (χ4n) is 3.62. The Kier molecular flexibility index (Phi) is 6.96. The van der Waals surface area contributed by atoms with Crippen LogP contribution in [0.3, 0.4) is 0 Å². The van der Waals surface area contributed by atoms with E-state index >= 15 is 0 Å². The fourth-order valence-corrected chi connectivity index (χ4v) is 3.62. The van der Waals surface area contributed by atoms with Gasteiger partial charge in [-0.25, -0.2) is 14.4 Å². The first-order valence-corrected chi connectivity index (χ1v) is 10.6. The van der Waals surface area contributed by atoms with E-state index < -0.39 is 11.9 Å². The SMILES string of the molecule is COc1ccc(-c2c(-c3ccc(OCc4ccc(F)cc4)cc3O)ncnc2C(F)(F)F)cc1OC. The molecule has 1 aromatic heterocycles. The molecule has 0 radical (unpaired) electrons. The van der Waals surface area contributed by atoms with Crippen molar-refractivity contribution >= 4 is 0 Å². The fraction of sp³-hybridized carbons (Fsp3) is 0.154. The van der Waals surface area contributed by atoms with E-state index in [1.54, 1.807) is 12.1 Å². The number of halogens is 4. The number of phenols is 1. The minimum atomic E-state index is -4.80. The molecule has 0 unspecified atom stereocenters. The Morgan fingerprint density at radius 3 is 2.22 bits per heavy atom. The van der Waals surface area contributed by atoms with Crippen LogP contribution in [0, 0.1) is 5.82 Å². The van der Waals surface area contributed by atoms with E-state index in [-0.39, 0.29) is 52.1 Å². The summed E-state index contributed by atoms with van der Waals surface area (Å²) in [6.45, 7) is 0.0989. The molecule has 0 atom stereocenters. The number of ether oxygens (including phenoxy) is 3. The van der Waals surface area contributed by atoms with Crippen molar-refractivity contribution in [1.82, 2.24) is 9.97 Å². The predicted octanol–water partition coefficient (Wildman–Crippen LogP) is 6.27. The van der Waals surface area contributed by atoms with Gasteiger partial charge in [-0.1, -0.05) is 18.2 Å². The van der Waals surface area contributed by atoms with Crippen molar-refractivity contribution < 1.29 is 36.9 Å². The number of alkyl halides is 3. The highest BCUT2D eigenvalue weighted by Crippen LogP contribution is 2.44. The highest BCUT2D eigenvalue weighted by molar-refractivity contribution is 5.86. The number of phenolic OH excluding ortho intramolecular Hbond substituents is 1. The van der Waals surface area contributed by atoms with E-state index in [2.05, 4.69) is 9.97 Å². The van der Waals surface area contributed by atoms with Crippen LogP contribution in [0.4, 0.5) is 17.6 Å². The van der Waals surface area contributed by atoms with Crippen LogP contribution in [-0.4, -0.2) is 29.3 Å². The third-order valence-corrected chi connectivity index (χ3v) is 5.33. The van der Waals surface area contributed by atoms with Gasteiger partial charge in [-0.15, -0.1) is 0 Å². The highest BCUT2D eigenvalue weighted by Gasteiger charge is 2.38. The molecule has 186 valence electrons. The van der Waals surface area contributed by atoms with Crippen LogP contribution in [0.1, 0.15) is 11.3 Å². The number of rotatable bonds is 7. The molecule has 0 saturated heterocycles. The standard InChI is InChI=1S/C26H20F4N2O4/c1-34-21-10-5-16(11-22(21)35-2)23-24(31-14-32-25(23)26(28,29)30)19-9-8-18(12-20(19)33)36-13-15-3-6-17(27)7-4-15/h3-12,14,33H,13H2,1-2H3. The zero-order chi connectivity index (χ0) is 25.9. The zero-order valence-electron chi connectivity index (χ0n) is 19.1. The van der Waals surface area contributed by atoms with Crippen LogP contribution in [-0.2, 0) is 12.8 Å². The van der Waals surface area contributed by atoms with E-state index in [4.69, 9.17) is 14.2 Å². The second kappa shape index (κ2) is 10.1.